The van der Waals surface area contributed by atoms with Crippen LogP contribution in [0.2, 0.25) is 0 Å². The van der Waals surface area contributed by atoms with Gasteiger partial charge in [0.1, 0.15) is 6.04 Å². The van der Waals surface area contributed by atoms with Gasteiger partial charge in [-0.25, -0.2) is 4.79 Å². The van der Waals surface area contributed by atoms with Crippen molar-refractivity contribution in [1.82, 2.24) is 9.47 Å². The maximum atomic E-state index is 12.7. The van der Waals surface area contributed by atoms with Crippen LogP contribution in [0, 0.1) is 0 Å². The minimum Gasteiger partial charge on any atom is -0.368 e. The average molecular weight is 362 g/mol. The third-order valence-electron chi connectivity index (χ3n) is 5.18. The van der Waals surface area contributed by atoms with E-state index in [1.807, 2.05) is 30.3 Å². The highest BCUT2D eigenvalue weighted by Gasteiger charge is 2.34. The summed E-state index contributed by atoms with van der Waals surface area (Å²) in [5.74, 6) is -0.509. The number of nitrogens with zero attached hydrogens (tertiary/aromatic N) is 2. The molecule has 1 aliphatic rings. The molecule has 0 spiro atoms. The number of aryl methyl sites for hydroxylation is 1. The van der Waals surface area contributed by atoms with Crippen LogP contribution < -0.4 is 11.1 Å². The molecule has 138 valence electrons. The molecule has 3 amide bonds. The molecule has 4 rings (SSSR count). The number of fused-ring (bicyclic) bond motifs is 3. The molecule has 1 fully saturated rings. The summed E-state index contributed by atoms with van der Waals surface area (Å²) in [6.07, 6.45) is 0.422. The third-order valence-corrected chi connectivity index (χ3v) is 5.18. The number of hydrogen-bond acceptors (Lipinski definition) is 2. The normalized spacial score (nSPS) is 17.0. The number of benzene rings is 2. The SMILES string of the molecule is C=C1CC(C(N)=O)N(C(=O)Nc2ccc3c(c2)c2ccccc2n3CC)C1. The Morgan fingerprint density at radius 3 is 2.67 bits per heavy atom. The largest absolute Gasteiger partial charge is 0.368 e. The van der Waals surface area contributed by atoms with Gasteiger partial charge < -0.3 is 20.5 Å². The van der Waals surface area contributed by atoms with E-state index in [-0.39, 0.29) is 6.03 Å². The number of aromatic nitrogens is 1. The quantitative estimate of drug-likeness (QED) is 0.700. The molecule has 2 heterocycles. The molecule has 3 aromatic rings. The molecule has 1 aliphatic heterocycles. The van der Waals surface area contributed by atoms with Crippen LogP contribution in [0.15, 0.2) is 54.6 Å². The lowest BCUT2D eigenvalue weighted by Gasteiger charge is -2.22. The lowest BCUT2D eigenvalue weighted by molar-refractivity contribution is -0.121. The van der Waals surface area contributed by atoms with Crippen molar-refractivity contribution in [2.24, 2.45) is 5.73 Å². The Morgan fingerprint density at radius 2 is 1.93 bits per heavy atom. The van der Waals surface area contributed by atoms with Crippen LogP contribution in [0.1, 0.15) is 13.3 Å². The Labute approximate surface area is 157 Å². The van der Waals surface area contributed by atoms with Crippen LogP contribution in [0.25, 0.3) is 21.8 Å². The van der Waals surface area contributed by atoms with E-state index in [1.165, 1.54) is 10.4 Å². The van der Waals surface area contributed by atoms with Crippen molar-refractivity contribution in [3.63, 3.8) is 0 Å². The Kier molecular flexibility index (Phi) is 4.11. The zero-order valence-electron chi connectivity index (χ0n) is 15.2. The topological polar surface area (TPSA) is 80.4 Å². The molecule has 6 nitrogen and oxygen atoms in total. The predicted molar refractivity (Wildman–Crippen MR) is 108 cm³/mol. The lowest BCUT2D eigenvalue weighted by Crippen LogP contribution is -2.45. The van der Waals surface area contributed by atoms with Gasteiger partial charge in [0.15, 0.2) is 0 Å². The highest BCUT2D eigenvalue weighted by molar-refractivity contribution is 6.09. The van der Waals surface area contributed by atoms with E-state index in [1.54, 1.807) is 0 Å². The van der Waals surface area contributed by atoms with Gasteiger partial charge in [-0.2, -0.15) is 0 Å². The predicted octanol–water partition coefficient (Wildman–Crippen LogP) is 3.46. The number of carbonyl (C=O) groups is 2. The first-order valence-corrected chi connectivity index (χ1v) is 9.04. The van der Waals surface area contributed by atoms with Crippen LogP contribution in [0.4, 0.5) is 10.5 Å². The molecule has 2 aromatic carbocycles. The number of anilines is 1. The molecule has 6 heteroatoms. The number of urea groups is 1. The minimum atomic E-state index is -0.636. The molecule has 1 atom stereocenters. The molecule has 0 saturated carbocycles. The molecule has 3 N–H and O–H groups in total. The van der Waals surface area contributed by atoms with Crippen molar-refractivity contribution < 1.29 is 9.59 Å². The van der Waals surface area contributed by atoms with Crippen LogP contribution in [-0.2, 0) is 11.3 Å². The van der Waals surface area contributed by atoms with Gasteiger partial charge >= 0.3 is 6.03 Å². The molecule has 27 heavy (non-hydrogen) atoms. The highest BCUT2D eigenvalue weighted by Crippen LogP contribution is 2.31. The molecule has 0 aliphatic carbocycles. The first-order chi connectivity index (χ1) is 13.0. The first-order valence-electron chi connectivity index (χ1n) is 9.04. The molecular weight excluding hydrogens is 340 g/mol. The fourth-order valence-electron chi connectivity index (χ4n) is 3.93. The summed E-state index contributed by atoms with van der Waals surface area (Å²) >= 11 is 0. The van der Waals surface area contributed by atoms with Gasteiger partial charge in [-0.05, 0) is 37.6 Å². The van der Waals surface area contributed by atoms with Crippen LogP contribution in [-0.4, -0.2) is 34.0 Å². The summed E-state index contributed by atoms with van der Waals surface area (Å²) in [5, 5.41) is 5.14. The van der Waals surface area contributed by atoms with Crippen molar-refractivity contribution in [2.75, 3.05) is 11.9 Å². The number of primary amides is 1. The number of carbonyl (C=O) groups excluding carboxylic acids is 2. The molecule has 1 unspecified atom stereocenters. The Hall–Kier alpha value is -3.28. The van der Waals surface area contributed by atoms with Gasteiger partial charge in [0.2, 0.25) is 5.91 Å². The summed E-state index contributed by atoms with van der Waals surface area (Å²) in [6.45, 7) is 7.21. The smallest absolute Gasteiger partial charge is 0.322 e. The molecule has 0 bridgehead atoms. The fourth-order valence-corrected chi connectivity index (χ4v) is 3.93. The first kappa shape index (κ1) is 17.1. The van der Waals surface area contributed by atoms with E-state index in [9.17, 15) is 9.59 Å². The van der Waals surface area contributed by atoms with Gasteiger partial charge in [0, 0.05) is 40.6 Å². The van der Waals surface area contributed by atoms with E-state index in [0.29, 0.717) is 18.7 Å². The maximum Gasteiger partial charge on any atom is 0.322 e. The van der Waals surface area contributed by atoms with Crippen molar-refractivity contribution in [3.8, 4) is 0 Å². The van der Waals surface area contributed by atoms with Gasteiger partial charge in [-0.3, -0.25) is 4.79 Å². The Bertz CT molecular complexity index is 1080. The van der Waals surface area contributed by atoms with Gasteiger partial charge in [0.05, 0.1) is 0 Å². The zero-order valence-corrected chi connectivity index (χ0v) is 15.2. The van der Waals surface area contributed by atoms with Gasteiger partial charge in [0.25, 0.3) is 0 Å². The summed E-state index contributed by atoms with van der Waals surface area (Å²) < 4.78 is 2.25. The van der Waals surface area contributed by atoms with E-state index in [2.05, 4.69) is 35.5 Å². The van der Waals surface area contributed by atoms with E-state index >= 15 is 0 Å². The van der Waals surface area contributed by atoms with Crippen molar-refractivity contribution in [2.45, 2.75) is 25.9 Å². The Morgan fingerprint density at radius 1 is 1.19 bits per heavy atom. The molecule has 0 radical (unpaired) electrons. The van der Waals surface area contributed by atoms with Crippen molar-refractivity contribution >= 4 is 39.4 Å². The summed E-state index contributed by atoms with van der Waals surface area (Å²) in [4.78, 5) is 25.8. The summed E-state index contributed by atoms with van der Waals surface area (Å²) in [6, 6.07) is 13.1. The standard InChI is InChI=1S/C21H22N4O2/c1-3-24-17-7-5-4-6-15(17)16-11-14(8-9-18(16)24)23-21(27)25-12-13(2)10-19(25)20(22)26/h4-9,11,19H,2-3,10,12H2,1H3,(H2,22,26)(H,23,27). The van der Waals surface area contributed by atoms with E-state index in [0.717, 1.165) is 28.4 Å². The second kappa shape index (κ2) is 6.46. The number of rotatable bonds is 3. The number of nitrogens with two attached hydrogens (primary N) is 1. The van der Waals surface area contributed by atoms with Crippen LogP contribution >= 0.6 is 0 Å². The van der Waals surface area contributed by atoms with Crippen molar-refractivity contribution in [1.29, 1.82) is 0 Å². The Balaban J connectivity index is 1.69. The minimum absolute atomic E-state index is 0.337. The molecule has 1 saturated heterocycles. The number of para-hydroxylation sites is 1. The maximum absolute atomic E-state index is 12.7. The summed E-state index contributed by atoms with van der Waals surface area (Å²) in [7, 11) is 0. The van der Waals surface area contributed by atoms with Crippen molar-refractivity contribution in [3.05, 3.63) is 54.6 Å². The molecular formula is C21H22N4O2. The monoisotopic (exact) mass is 362 g/mol. The van der Waals surface area contributed by atoms with Gasteiger partial charge in [-0.1, -0.05) is 30.4 Å². The van der Waals surface area contributed by atoms with Crippen LogP contribution in [0.3, 0.4) is 0 Å². The van der Waals surface area contributed by atoms with Crippen LogP contribution in [0.5, 0.6) is 0 Å². The number of likely N-dealkylation sites (tertiary alicyclic amines) is 1. The third kappa shape index (κ3) is 2.83. The second-order valence-corrected chi connectivity index (χ2v) is 6.92. The average Bonchev–Trinajstić information content (AvgIpc) is 3.20. The number of amides is 3. The van der Waals surface area contributed by atoms with E-state index in [4.69, 9.17) is 5.73 Å². The number of nitrogens with one attached hydrogen (secondary N) is 1. The van der Waals surface area contributed by atoms with Gasteiger partial charge in [-0.15, -0.1) is 0 Å². The number of hydrogen-bond donors (Lipinski definition) is 2. The lowest BCUT2D eigenvalue weighted by atomic mass is 10.1. The highest BCUT2D eigenvalue weighted by atomic mass is 16.2. The second-order valence-electron chi connectivity index (χ2n) is 6.92. The zero-order chi connectivity index (χ0) is 19.1. The summed E-state index contributed by atoms with van der Waals surface area (Å²) in [5.41, 5.74) is 9.24. The molecule has 1 aromatic heterocycles. The fraction of sp³-hybridized carbons (Fsp3) is 0.238. The van der Waals surface area contributed by atoms with E-state index < -0.39 is 11.9 Å².